The maximum atomic E-state index is 12.6. The summed E-state index contributed by atoms with van der Waals surface area (Å²) in [7, 11) is 0. The van der Waals surface area contributed by atoms with Gasteiger partial charge in [-0.1, -0.05) is 6.07 Å². The molecule has 1 saturated carbocycles. The molecule has 2 atom stereocenters. The third kappa shape index (κ3) is 1.91. The molecule has 20 heavy (non-hydrogen) atoms. The number of H-pyrrole nitrogens is 1. The number of carbonyl (C=O) groups excluding carboxylic acids is 1. The van der Waals surface area contributed by atoms with Crippen LogP contribution in [0.5, 0.6) is 0 Å². The summed E-state index contributed by atoms with van der Waals surface area (Å²) in [5.74, 6) is 1.38. The standard InChI is InChI=1S/C16H19N3O/c17-14-9-19(8-13(14)10-1-2-10)16(20)12-4-3-11-5-6-18-15(11)7-12/h3-7,10,13-14,18H,1-2,8-9,17H2/t13-,14+/m0/s1. The number of hydrogen-bond acceptors (Lipinski definition) is 2. The minimum atomic E-state index is 0.111. The first-order chi connectivity index (χ1) is 9.72. The molecule has 1 saturated heterocycles. The molecule has 4 rings (SSSR count). The van der Waals surface area contributed by atoms with E-state index < -0.39 is 0 Å². The number of benzene rings is 1. The van der Waals surface area contributed by atoms with Crippen molar-refractivity contribution in [1.82, 2.24) is 9.88 Å². The highest BCUT2D eigenvalue weighted by Crippen LogP contribution is 2.41. The van der Waals surface area contributed by atoms with Crippen molar-refractivity contribution in [3.8, 4) is 0 Å². The molecule has 1 aromatic carbocycles. The van der Waals surface area contributed by atoms with Crippen molar-refractivity contribution in [1.29, 1.82) is 0 Å². The zero-order chi connectivity index (χ0) is 13.7. The Morgan fingerprint density at radius 3 is 2.90 bits per heavy atom. The molecule has 1 aromatic heterocycles. The number of likely N-dealkylation sites (tertiary alicyclic amines) is 1. The molecular formula is C16H19N3O. The Hall–Kier alpha value is -1.81. The number of nitrogens with one attached hydrogen (secondary N) is 1. The van der Waals surface area contributed by atoms with Gasteiger partial charge in [0.1, 0.15) is 0 Å². The lowest BCUT2D eigenvalue weighted by molar-refractivity contribution is 0.0785. The molecule has 2 heterocycles. The molecule has 3 N–H and O–H groups in total. The second-order valence-corrected chi connectivity index (χ2v) is 6.15. The second kappa shape index (κ2) is 4.35. The van der Waals surface area contributed by atoms with Crippen molar-refractivity contribution in [3.63, 3.8) is 0 Å². The fourth-order valence-corrected chi connectivity index (χ4v) is 3.41. The SMILES string of the molecule is N[C@@H]1CN(C(=O)c2ccc3cc[nH]c3c2)C[C@H]1C1CC1. The van der Waals surface area contributed by atoms with Gasteiger partial charge in [-0.05, 0) is 48.3 Å². The summed E-state index contributed by atoms with van der Waals surface area (Å²) in [5.41, 5.74) is 7.97. The van der Waals surface area contributed by atoms with Gasteiger partial charge in [-0.15, -0.1) is 0 Å². The van der Waals surface area contributed by atoms with E-state index in [-0.39, 0.29) is 11.9 Å². The maximum Gasteiger partial charge on any atom is 0.253 e. The van der Waals surface area contributed by atoms with Crippen LogP contribution in [-0.2, 0) is 0 Å². The molecule has 0 unspecified atom stereocenters. The molecule has 1 aliphatic carbocycles. The lowest BCUT2D eigenvalue weighted by Gasteiger charge is -2.16. The molecule has 2 fully saturated rings. The van der Waals surface area contributed by atoms with Gasteiger partial charge < -0.3 is 15.6 Å². The van der Waals surface area contributed by atoms with Crippen LogP contribution in [0.1, 0.15) is 23.2 Å². The van der Waals surface area contributed by atoms with Crippen molar-refractivity contribution >= 4 is 16.8 Å². The van der Waals surface area contributed by atoms with E-state index in [4.69, 9.17) is 5.73 Å². The molecule has 0 bridgehead atoms. The van der Waals surface area contributed by atoms with E-state index in [9.17, 15) is 4.79 Å². The van der Waals surface area contributed by atoms with Crippen LogP contribution in [-0.4, -0.2) is 34.9 Å². The van der Waals surface area contributed by atoms with Gasteiger partial charge in [0.15, 0.2) is 0 Å². The van der Waals surface area contributed by atoms with Crippen LogP contribution < -0.4 is 5.73 Å². The first kappa shape index (κ1) is 12.0. The van der Waals surface area contributed by atoms with E-state index in [1.807, 2.05) is 35.4 Å². The first-order valence-electron chi connectivity index (χ1n) is 7.34. The van der Waals surface area contributed by atoms with E-state index in [2.05, 4.69) is 4.98 Å². The molecule has 1 aliphatic heterocycles. The van der Waals surface area contributed by atoms with Gasteiger partial charge in [0.25, 0.3) is 5.91 Å². The number of fused-ring (bicyclic) bond motifs is 1. The van der Waals surface area contributed by atoms with Gasteiger partial charge in [0.2, 0.25) is 0 Å². The van der Waals surface area contributed by atoms with E-state index >= 15 is 0 Å². The van der Waals surface area contributed by atoms with Crippen molar-refractivity contribution in [3.05, 3.63) is 36.0 Å². The zero-order valence-electron chi connectivity index (χ0n) is 11.4. The lowest BCUT2D eigenvalue weighted by atomic mass is 9.99. The van der Waals surface area contributed by atoms with Gasteiger partial charge in [0.05, 0.1) is 0 Å². The Labute approximate surface area is 117 Å². The minimum Gasteiger partial charge on any atom is -0.361 e. The Kier molecular flexibility index (Phi) is 2.60. The molecule has 104 valence electrons. The number of carbonyl (C=O) groups is 1. The van der Waals surface area contributed by atoms with Crippen molar-refractivity contribution in [2.45, 2.75) is 18.9 Å². The normalized spacial score (nSPS) is 26.4. The summed E-state index contributed by atoms with van der Waals surface area (Å²) < 4.78 is 0. The summed E-state index contributed by atoms with van der Waals surface area (Å²) in [6.45, 7) is 1.52. The summed E-state index contributed by atoms with van der Waals surface area (Å²) in [6.07, 6.45) is 4.47. The lowest BCUT2D eigenvalue weighted by Crippen LogP contribution is -2.32. The van der Waals surface area contributed by atoms with Crippen molar-refractivity contribution in [2.75, 3.05) is 13.1 Å². The Morgan fingerprint density at radius 1 is 1.25 bits per heavy atom. The molecule has 4 heteroatoms. The van der Waals surface area contributed by atoms with Crippen LogP contribution in [0, 0.1) is 11.8 Å². The first-order valence-corrected chi connectivity index (χ1v) is 7.34. The number of nitrogens with zero attached hydrogens (tertiary/aromatic N) is 1. The smallest absolute Gasteiger partial charge is 0.253 e. The molecule has 0 spiro atoms. The minimum absolute atomic E-state index is 0.111. The molecule has 2 aromatic rings. The van der Waals surface area contributed by atoms with E-state index in [0.717, 1.165) is 28.9 Å². The average molecular weight is 269 g/mol. The highest BCUT2D eigenvalue weighted by Gasteiger charge is 2.42. The highest BCUT2D eigenvalue weighted by atomic mass is 16.2. The molecule has 4 nitrogen and oxygen atoms in total. The fourth-order valence-electron chi connectivity index (χ4n) is 3.41. The number of hydrogen-bond donors (Lipinski definition) is 2. The highest BCUT2D eigenvalue weighted by molar-refractivity contribution is 5.98. The number of amides is 1. The van der Waals surface area contributed by atoms with Crippen LogP contribution in [0.25, 0.3) is 10.9 Å². The van der Waals surface area contributed by atoms with Gasteiger partial charge in [-0.3, -0.25) is 4.79 Å². The van der Waals surface area contributed by atoms with Crippen LogP contribution in [0.2, 0.25) is 0 Å². The predicted molar refractivity (Wildman–Crippen MR) is 78.4 cm³/mol. The number of rotatable bonds is 2. The monoisotopic (exact) mass is 269 g/mol. The molecule has 1 amide bonds. The number of aromatic amines is 1. The average Bonchev–Trinajstić information content (AvgIpc) is 3.06. The summed E-state index contributed by atoms with van der Waals surface area (Å²) in [5, 5.41) is 1.13. The van der Waals surface area contributed by atoms with Crippen LogP contribution in [0.15, 0.2) is 30.5 Å². The van der Waals surface area contributed by atoms with Gasteiger partial charge in [-0.2, -0.15) is 0 Å². The van der Waals surface area contributed by atoms with Gasteiger partial charge in [0, 0.05) is 36.4 Å². The van der Waals surface area contributed by atoms with Crippen molar-refractivity contribution in [2.24, 2.45) is 17.6 Å². The van der Waals surface area contributed by atoms with E-state index in [0.29, 0.717) is 12.5 Å². The van der Waals surface area contributed by atoms with Crippen LogP contribution in [0.3, 0.4) is 0 Å². The Morgan fingerprint density at radius 2 is 2.10 bits per heavy atom. The van der Waals surface area contributed by atoms with Crippen molar-refractivity contribution < 1.29 is 4.79 Å². The zero-order valence-corrected chi connectivity index (χ0v) is 11.4. The fraction of sp³-hybridized carbons (Fsp3) is 0.438. The maximum absolute atomic E-state index is 12.6. The van der Waals surface area contributed by atoms with Gasteiger partial charge >= 0.3 is 0 Å². The predicted octanol–water partition coefficient (Wildman–Crippen LogP) is 1.98. The van der Waals surface area contributed by atoms with Crippen LogP contribution >= 0.6 is 0 Å². The second-order valence-electron chi connectivity index (χ2n) is 6.15. The number of aromatic nitrogens is 1. The Bertz CT molecular complexity index is 659. The van der Waals surface area contributed by atoms with Gasteiger partial charge in [-0.25, -0.2) is 0 Å². The molecule has 0 radical (unpaired) electrons. The topological polar surface area (TPSA) is 62.1 Å². The van der Waals surface area contributed by atoms with E-state index in [1.165, 1.54) is 12.8 Å². The summed E-state index contributed by atoms with van der Waals surface area (Å²) in [4.78, 5) is 17.7. The van der Waals surface area contributed by atoms with E-state index in [1.54, 1.807) is 0 Å². The molecule has 2 aliphatic rings. The quantitative estimate of drug-likeness (QED) is 0.875. The summed E-state index contributed by atoms with van der Waals surface area (Å²) >= 11 is 0. The molecular weight excluding hydrogens is 250 g/mol. The Balaban J connectivity index is 1.57. The third-order valence-electron chi connectivity index (χ3n) is 4.73. The summed E-state index contributed by atoms with van der Waals surface area (Å²) in [6, 6.07) is 8.01. The van der Waals surface area contributed by atoms with Crippen LogP contribution in [0.4, 0.5) is 0 Å². The number of nitrogens with two attached hydrogens (primary N) is 1. The largest absolute Gasteiger partial charge is 0.361 e. The third-order valence-corrected chi connectivity index (χ3v) is 4.73.